The van der Waals surface area contributed by atoms with Crippen molar-refractivity contribution in [3.8, 4) is 6.07 Å². The normalized spacial score (nSPS) is 17.7. The molecule has 0 N–H and O–H groups in total. The smallest absolute Gasteiger partial charge is 0.170 e. The molecule has 1 unspecified atom stereocenters. The minimum absolute atomic E-state index is 0.623. The summed E-state index contributed by atoms with van der Waals surface area (Å²) in [4.78, 5) is 3.36. The lowest BCUT2D eigenvalue weighted by Gasteiger charge is -2.33. The van der Waals surface area contributed by atoms with E-state index in [2.05, 4.69) is 34.6 Å². The third kappa shape index (κ3) is 3.16. The first-order chi connectivity index (χ1) is 10.7. The molecule has 2 aromatic rings. The van der Waals surface area contributed by atoms with Gasteiger partial charge < -0.3 is 4.42 Å². The van der Waals surface area contributed by atoms with Crippen molar-refractivity contribution in [3.05, 3.63) is 52.6 Å². The van der Waals surface area contributed by atoms with Crippen LogP contribution in [0.2, 0.25) is 0 Å². The topological polar surface area (TPSA) is 40.2 Å². The van der Waals surface area contributed by atoms with Crippen molar-refractivity contribution < 1.29 is 4.42 Å². The minimum atomic E-state index is -0.722. The van der Waals surface area contributed by atoms with Crippen LogP contribution in [0.1, 0.15) is 29.9 Å². The molecule has 1 aliphatic rings. The molecule has 2 aromatic heterocycles. The molecule has 1 saturated carbocycles. The fourth-order valence-electron chi connectivity index (χ4n) is 2.72. The van der Waals surface area contributed by atoms with Gasteiger partial charge in [0.1, 0.15) is 5.76 Å². The van der Waals surface area contributed by atoms with Crippen LogP contribution in [0.5, 0.6) is 0 Å². The average Bonchev–Trinajstić information content (AvgIpc) is 2.98. The van der Waals surface area contributed by atoms with Gasteiger partial charge in [0, 0.05) is 17.8 Å². The lowest BCUT2D eigenvalue weighted by atomic mass is 9.91. The molecule has 1 atom stereocenters. The molecule has 0 aromatic carbocycles. The van der Waals surface area contributed by atoms with Crippen LogP contribution in [-0.2, 0) is 5.54 Å². The molecule has 3 rings (SSSR count). The summed E-state index contributed by atoms with van der Waals surface area (Å²) in [5, 5.41) is 12.0. The van der Waals surface area contributed by atoms with Crippen LogP contribution in [0.3, 0.4) is 0 Å². The van der Waals surface area contributed by atoms with Gasteiger partial charge in [0.05, 0.1) is 12.3 Å². The number of thiophene rings is 1. The number of rotatable bonds is 7. The molecule has 0 amide bonds. The molecule has 0 bridgehead atoms. The Labute approximate surface area is 135 Å². The Balaban J connectivity index is 1.82. The summed E-state index contributed by atoms with van der Waals surface area (Å²) in [6, 6.07) is 10.4. The van der Waals surface area contributed by atoms with E-state index in [1.165, 1.54) is 17.7 Å². The molecule has 0 aliphatic heterocycles. The summed E-state index contributed by atoms with van der Waals surface area (Å²) in [7, 11) is 2.03. The van der Waals surface area contributed by atoms with Crippen LogP contribution in [0.4, 0.5) is 0 Å². The molecule has 22 heavy (non-hydrogen) atoms. The standard InChI is InChI=1S/C18H20N2OS/c1-20(13-15-8-9-15)18(14-19,17-7-3-11-21-17)10-2-5-16-6-4-12-22-16/h2-7,11-12,15H,8-10,13H2,1H3. The van der Waals surface area contributed by atoms with Gasteiger partial charge in [-0.3, -0.25) is 4.90 Å². The fourth-order valence-corrected chi connectivity index (χ4v) is 3.37. The van der Waals surface area contributed by atoms with E-state index in [0.29, 0.717) is 6.42 Å². The molecule has 114 valence electrons. The van der Waals surface area contributed by atoms with Crippen molar-refractivity contribution in [2.75, 3.05) is 13.6 Å². The van der Waals surface area contributed by atoms with Crippen LogP contribution in [0.15, 0.2) is 46.4 Å². The maximum atomic E-state index is 9.93. The summed E-state index contributed by atoms with van der Waals surface area (Å²) < 4.78 is 5.61. The summed E-state index contributed by atoms with van der Waals surface area (Å²) in [6.45, 7) is 0.946. The van der Waals surface area contributed by atoms with E-state index in [0.717, 1.165) is 18.2 Å². The van der Waals surface area contributed by atoms with Gasteiger partial charge in [-0.25, -0.2) is 0 Å². The Morgan fingerprint density at radius 1 is 1.45 bits per heavy atom. The number of nitrogens with zero attached hydrogens (tertiary/aromatic N) is 2. The Kier molecular flexibility index (Phi) is 4.47. The van der Waals surface area contributed by atoms with E-state index < -0.39 is 5.54 Å². The third-order valence-corrected chi connectivity index (χ3v) is 5.07. The second kappa shape index (κ2) is 6.51. The van der Waals surface area contributed by atoms with Crippen molar-refractivity contribution in [1.29, 1.82) is 5.26 Å². The largest absolute Gasteiger partial charge is 0.466 e. The first kappa shape index (κ1) is 15.1. The molecule has 3 nitrogen and oxygen atoms in total. The first-order valence-electron chi connectivity index (χ1n) is 7.61. The van der Waals surface area contributed by atoms with Gasteiger partial charge in [-0.1, -0.05) is 12.1 Å². The predicted molar refractivity (Wildman–Crippen MR) is 89.3 cm³/mol. The van der Waals surface area contributed by atoms with Crippen LogP contribution in [-0.4, -0.2) is 18.5 Å². The number of hydrogen-bond acceptors (Lipinski definition) is 4. The highest BCUT2D eigenvalue weighted by Crippen LogP contribution is 2.37. The number of nitriles is 1. The summed E-state index contributed by atoms with van der Waals surface area (Å²) in [5.74, 6) is 1.46. The highest BCUT2D eigenvalue weighted by Gasteiger charge is 2.40. The minimum Gasteiger partial charge on any atom is -0.466 e. The summed E-state index contributed by atoms with van der Waals surface area (Å²) >= 11 is 1.70. The van der Waals surface area contributed by atoms with Crippen molar-refractivity contribution in [3.63, 3.8) is 0 Å². The zero-order valence-corrected chi connectivity index (χ0v) is 13.6. The van der Waals surface area contributed by atoms with Gasteiger partial charge in [-0.05, 0) is 55.5 Å². The van der Waals surface area contributed by atoms with E-state index in [4.69, 9.17) is 4.42 Å². The lowest BCUT2D eigenvalue weighted by Crippen LogP contribution is -2.43. The van der Waals surface area contributed by atoms with E-state index in [9.17, 15) is 5.26 Å². The Hall–Kier alpha value is -1.83. The molecular weight excluding hydrogens is 292 g/mol. The van der Waals surface area contributed by atoms with Crippen molar-refractivity contribution in [2.45, 2.75) is 24.8 Å². The van der Waals surface area contributed by atoms with Crippen molar-refractivity contribution in [1.82, 2.24) is 4.90 Å². The SMILES string of the molecule is CN(CC1CC1)C(C#N)(CC=Cc1cccs1)c1ccco1. The molecule has 4 heteroatoms. The number of hydrogen-bond donors (Lipinski definition) is 0. The van der Waals surface area contributed by atoms with Gasteiger partial charge in [0.15, 0.2) is 5.54 Å². The van der Waals surface area contributed by atoms with Gasteiger partial charge in [0.25, 0.3) is 0 Å². The monoisotopic (exact) mass is 312 g/mol. The number of furan rings is 1. The van der Waals surface area contributed by atoms with Crippen molar-refractivity contribution in [2.24, 2.45) is 5.92 Å². The maximum Gasteiger partial charge on any atom is 0.170 e. The van der Waals surface area contributed by atoms with E-state index >= 15 is 0 Å². The first-order valence-corrected chi connectivity index (χ1v) is 8.49. The quantitative estimate of drug-likeness (QED) is 0.755. The van der Waals surface area contributed by atoms with Gasteiger partial charge in [0.2, 0.25) is 0 Å². The van der Waals surface area contributed by atoms with E-state index in [1.54, 1.807) is 17.6 Å². The summed E-state index contributed by atoms with van der Waals surface area (Å²) in [5.41, 5.74) is -0.722. The highest BCUT2D eigenvalue weighted by molar-refractivity contribution is 7.10. The third-order valence-electron chi connectivity index (χ3n) is 4.23. The zero-order chi connectivity index (χ0) is 15.4. The summed E-state index contributed by atoms with van der Waals surface area (Å²) in [6.07, 6.45) is 8.99. The molecule has 0 saturated heterocycles. The van der Waals surface area contributed by atoms with E-state index in [-0.39, 0.29) is 0 Å². The van der Waals surface area contributed by atoms with Gasteiger partial charge in [-0.15, -0.1) is 11.3 Å². The maximum absolute atomic E-state index is 9.93. The highest BCUT2D eigenvalue weighted by atomic mass is 32.1. The van der Waals surface area contributed by atoms with E-state index in [1.807, 2.05) is 25.2 Å². The average molecular weight is 312 g/mol. The predicted octanol–water partition coefficient (Wildman–Crippen LogP) is 4.51. The van der Waals surface area contributed by atoms with Crippen LogP contribution < -0.4 is 0 Å². The Bertz CT molecular complexity index is 650. The lowest BCUT2D eigenvalue weighted by molar-refractivity contribution is 0.143. The van der Waals surface area contributed by atoms with Crippen LogP contribution in [0.25, 0.3) is 6.08 Å². The molecule has 1 aliphatic carbocycles. The second-order valence-corrected chi connectivity index (χ2v) is 6.87. The Morgan fingerprint density at radius 2 is 2.32 bits per heavy atom. The van der Waals surface area contributed by atoms with Crippen LogP contribution in [0, 0.1) is 17.2 Å². The molecular formula is C18H20N2OS. The molecule has 2 heterocycles. The molecule has 1 fully saturated rings. The van der Waals surface area contributed by atoms with Crippen molar-refractivity contribution >= 4 is 17.4 Å². The fraction of sp³-hybridized carbons (Fsp3) is 0.389. The van der Waals surface area contributed by atoms with Gasteiger partial charge >= 0.3 is 0 Å². The molecule has 0 radical (unpaired) electrons. The molecule has 0 spiro atoms. The Morgan fingerprint density at radius 3 is 2.91 bits per heavy atom. The van der Waals surface area contributed by atoms with Gasteiger partial charge in [-0.2, -0.15) is 5.26 Å². The second-order valence-electron chi connectivity index (χ2n) is 5.90. The van der Waals surface area contributed by atoms with Crippen LogP contribution >= 0.6 is 11.3 Å². The zero-order valence-electron chi connectivity index (χ0n) is 12.7.